The van der Waals surface area contributed by atoms with Gasteiger partial charge in [0.25, 0.3) is 11.5 Å². The number of aromatic nitrogens is 2. The second-order valence-electron chi connectivity index (χ2n) is 5.39. The minimum Gasteiger partial charge on any atom is -0.496 e. The van der Waals surface area contributed by atoms with Crippen molar-refractivity contribution in [3.63, 3.8) is 0 Å². The van der Waals surface area contributed by atoms with Gasteiger partial charge in [-0.05, 0) is 24.3 Å². The number of carbonyl (C=O) groups excluding carboxylic acids is 1. The van der Waals surface area contributed by atoms with E-state index < -0.39 is 0 Å². The monoisotopic (exact) mass is 357 g/mol. The number of halogens is 1. The molecule has 0 aliphatic rings. The van der Waals surface area contributed by atoms with Gasteiger partial charge in [0.15, 0.2) is 5.69 Å². The number of carbonyl (C=O) groups is 1. The normalized spacial score (nSPS) is 10.7. The highest BCUT2D eigenvalue weighted by Crippen LogP contribution is 2.23. The lowest BCUT2D eigenvalue weighted by atomic mass is 10.1. The minimum atomic E-state index is -0.358. The third kappa shape index (κ3) is 3.21. The third-order valence-electron chi connectivity index (χ3n) is 3.87. The van der Waals surface area contributed by atoms with E-state index in [9.17, 15) is 9.59 Å². The maximum absolute atomic E-state index is 12.8. The zero-order chi connectivity index (χ0) is 18.0. The summed E-state index contributed by atoms with van der Waals surface area (Å²) < 4.78 is 6.57. The Balaban J connectivity index is 2.20. The molecule has 0 fully saturated rings. The van der Waals surface area contributed by atoms with Gasteiger partial charge >= 0.3 is 0 Å². The van der Waals surface area contributed by atoms with Crippen LogP contribution in [0.1, 0.15) is 16.1 Å². The lowest BCUT2D eigenvalue weighted by Crippen LogP contribution is -2.29. The SMILES string of the molecule is CNC(=O)c1nn(Cc2cc(Cl)ccc2OC)c(=O)c2ccccc12. The molecular weight excluding hydrogens is 342 g/mol. The van der Waals surface area contributed by atoms with Crippen molar-refractivity contribution in [2.24, 2.45) is 0 Å². The second-order valence-corrected chi connectivity index (χ2v) is 5.83. The van der Waals surface area contributed by atoms with E-state index in [2.05, 4.69) is 10.4 Å². The summed E-state index contributed by atoms with van der Waals surface area (Å²) in [7, 11) is 3.06. The van der Waals surface area contributed by atoms with Gasteiger partial charge in [-0.3, -0.25) is 9.59 Å². The molecule has 0 aliphatic heterocycles. The minimum absolute atomic E-state index is 0.136. The first kappa shape index (κ1) is 17.0. The molecule has 1 amide bonds. The topological polar surface area (TPSA) is 73.2 Å². The molecule has 3 rings (SSSR count). The Bertz CT molecular complexity index is 1010. The molecule has 6 nitrogen and oxygen atoms in total. The number of ether oxygens (including phenoxy) is 1. The Morgan fingerprint density at radius 3 is 2.64 bits per heavy atom. The van der Waals surface area contributed by atoms with Crippen LogP contribution >= 0.6 is 11.6 Å². The Morgan fingerprint density at radius 1 is 1.24 bits per heavy atom. The summed E-state index contributed by atoms with van der Waals surface area (Å²) in [5, 5.41) is 8.29. The van der Waals surface area contributed by atoms with Gasteiger partial charge in [0, 0.05) is 23.0 Å². The number of benzene rings is 2. The first-order valence-electron chi connectivity index (χ1n) is 7.59. The molecule has 3 aromatic rings. The average Bonchev–Trinajstić information content (AvgIpc) is 2.63. The second kappa shape index (κ2) is 6.94. The lowest BCUT2D eigenvalue weighted by Gasteiger charge is -2.13. The Labute approximate surface area is 149 Å². The molecule has 0 saturated carbocycles. The molecule has 0 spiro atoms. The molecule has 7 heteroatoms. The number of hydrogen-bond acceptors (Lipinski definition) is 4. The highest BCUT2D eigenvalue weighted by Gasteiger charge is 2.16. The first-order valence-corrected chi connectivity index (χ1v) is 7.97. The summed E-state index contributed by atoms with van der Waals surface area (Å²) >= 11 is 6.05. The predicted octanol–water partition coefficient (Wildman–Crippen LogP) is 2.47. The molecule has 0 radical (unpaired) electrons. The van der Waals surface area contributed by atoms with Crippen LogP contribution in [-0.4, -0.2) is 29.8 Å². The zero-order valence-electron chi connectivity index (χ0n) is 13.7. The van der Waals surface area contributed by atoms with Gasteiger partial charge in [-0.25, -0.2) is 4.68 Å². The standard InChI is InChI=1S/C18H16ClN3O3/c1-20-17(23)16-13-5-3-4-6-14(13)18(24)22(21-16)10-11-9-12(19)7-8-15(11)25-2/h3-9H,10H2,1-2H3,(H,20,23). The summed E-state index contributed by atoms with van der Waals surface area (Å²) in [4.78, 5) is 25.0. The molecule has 0 bridgehead atoms. The largest absolute Gasteiger partial charge is 0.496 e. The fourth-order valence-electron chi connectivity index (χ4n) is 2.66. The molecule has 128 valence electrons. The molecule has 0 atom stereocenters. The van der Waals surface area contributed by atoms with Crippen molar-refractivity contribution in [1.29, 1.82) is 0 Å². The van der Waals surface area contributed by atoms with Crippen molar-refractivity contribution < 1.29 is 9.53 Å². The smallest absolute Gasteiger partial charge is 0.274 e. The zero-order valence-corrected chi connectivity index (χ0v) is 14.5. The number of nitrogens with one attached hydrogen (secondary N) is 1. The number of hydrogen-bond donors (Lipinski definition) is 1. The highest BCUT2D eigenvalue weighted by atomic mass is 35.5. The molecule has 1 aromatic heterocycles. The quantitative estimate of drug-likeness (QED) is 0.778. The van der Waals surface area contributed by atoms with E-state index in [0.29, 0.717) is 27.1 Å². The van der Waals surface area contributed by atoms with Crippen LogP contribution in [0.15, 0.2) is 47.3 Å². The van der Waals surface area contributed by atoms with Crippen molar-refractivity contribution in [3.8, 4) is 5.75 Å². The fourth-order valence-corrected chi connectivity index (χ4v) is 2.86. The number of fused-ring (bicyclic) bond motifs is 1. The van der Waals surface area contributed by atoms with Gasteiger partial charge in [0.1, 0.15) is 5.75 Å². The van der Waals surface area contributed by atoms with Gasteiger partial charge in [-0.15, -0.1) is 0 Å². The van der Waals surface area contributed by atoms with Gasteiger partial charge in [-0.2, -0.15) is 5.10 Å². The van der Waals surface area contributed by atoms with E-state index in [4.69, 9.17) is 16.3 Å². The molecule has 0 unspecified atom stereocenters. The summed E-state index contributed by atoms with van der Waals surface area (Å²) in [6.45, 7) is 0.136. The number of methoxy groups -OCH3 is 1. The average molecular weight is 358 g/mol. The van der Waals surface area contributed by atoms with Crippen LogP contribution in [0.2, 0.25) is 5.02 Å². The van der Waals surface area contributed by atoms with E-state index in [-0.39, 0.29) is 23.7 Å². The summed E-state index contributed by atoms with van der Waals surface area (Å²) in [6.07, 6.45) is 0. The Kier molecular flexibility index (Phi) is 4.72. The van der Waals surface area contributed by atoms with Gasteiger partial charge in [0.05, 0.1) is 19.0 Å². The molecule has 25 heavy (non-hydrogen) atoms. The lowest BCUT2D eigenvalue weighted by molar-refractivity contribution is 0.0957. The predicted molar refractivity (Wildman–Crippen MR) is 96.5 cm³/mol. The number of rotatable bonds is 4. The van der Waals surface area contributed by atoms with Crippen molar-refractivity contribution in [1.82, 2.24) is 15.1 Å². The van der Waals surface area contributed by atoms with Crippen LogP contribution in [-0.2, 0) is 6.54 Å². The van der Waals surface area contributed by atoms with Crippen molar-refractivity contribution >= 4 is 28.3 Å². The molecule has 2 aromatic carbocycles. The summed E-state index contributed by atoms with van der Waals surface area (Å²) in [5.74, 6) is 0.232. The highest BCUT2D eigenvalue weighted by molar-refractivity contribution is 6.30. The van der Waals surface area contributed by atoms with E-state index >= 15 is 0 Å². The molecule has 0 aliphatic carbocycles. The van der Waals surface area contributed by atoms with Crippen LogP contribution in [0, 0.1) is 0 Å². The molecular formula is C18H16ClN3O3. The van der Waals surface area contributed by atoms with Crippen molar-refractivity contribution in [3.05, 3.63) is 69.1 Å². The van der Waals surface area contributed by atoms with Crippen LogP contribution in [0.3, 0.4) is 0 Å². The third-order valence-corrected chi connectivity index (χ3v) is 4.11. The fraction of sp³-hybridized carbons (Fsp3) is 0.167. The van der Waals surface area contributed by atoms with Crippen molar-refractivity contribution in [2.75, 3.05) is 14.2 Å². The van der Waals surface area contributed by atoms with Crippen LogP contribution in [0.4, 0.5) is 0 Å². The summed E-state index contributed by atoms with van der Waals surface area (Å²) in [6, 6.07) is 12.0. The van der Waals surface area contributed by atoms with Gasteiger partial charge in [0.2, 0.25) is 0 Å². The van der Waals surface area contributed by atoms with Crippen LogP contribution in [0.5, 0.6) is 5.75 Å². The van der Waals surface area contributed by atoms with Gasteiger partial charge < -0.3 is 10.1 Å². The molecule has 0 saturated heterocycles. The number of nitrogens with zero attached hydrogens (tertiary/aromatic N) is 2. The van der Waals surface area contributed by atoms with E-state index in [1.54, 1.807) is 49.6 Å². The van der Waals surface area contributed by atoms with E-state index in [0.717, 1.165) is 0 Å². The van der Waals surface area contributed by atoms with E-state index in [1.165, 1.54) is 11.7 Å². The number of amides is 1. The molecule has 1 heterocycles. The maximum Gasteiger partial charge on any atom is 0.274 e. The summed E-state index contributed by atoms with van der Waals surface area (Å²) in [5.41, 5.74) is 0.603. The van der Waals surface area contributed by atoms with Crippen LogP contribution < -0.4 is 15.6 Å². The first-order chi connectivity index (χ1) is 12.0. The maximum atomic E-state index is 12.8. The van der Waals surface area contributed by atoms with Crippen LogP contribution in [0.25, 0.3) is 10.8 Å². The molecule has 1 N–H and O–H groups in total. The van der Waals surface area contributed by atoms with Crippen molar-refractivity contribution in [2.45, 2.75) is 6.54 Å². The Morgan fingerprint density at radius 2 is 1.96 bits per heavy atom. The van der Waals surface area contributed by atoms with Gasteiger partial charge in [-0.1, -0.05) is 29.8 Å². The van der Waals surface area contributed by atoms with E-state index in [1.807, 2.05) is 0 Å². The Hall–Kier alpha value is -2.86.